The number of nitrogens with zero attached hydrogens (tertiary/aromatic N) is 2. The minimum absolute atomic E-state index is 1.13. The summed E-state index contributed by atoms with van der Waals surface area (Å²) < 4.78 is 4.99. The predicted octanol–water partition coefficient (Wildman–Crippen LogP) is 12.3. The normalized spacial score (nSPS) is 12.8. The van der Waals surface area contributed by atoms with Crippen LogP contribution in [0.15, 0.2) is 303 Å². The zero-order chi connectivity index (χ0) is 50.2. The van der Waals surface area contributed by atoms with Gasteiger partial charge in [0.25, 0.3) is 0 Å². The molecule has 0 atom stereocenters. The summed E-state index contributed by atoms with van der Waals surface area (Å²) in [5.41, 5.74) is 12.2. The zero-order valence-corrected chi connectivity index (χ0v) is 43.8. The summed E-state index contributed by atoms with van der Waals surface area (Å²) >= 11 is 0. The van der Waals surface area contributed by atoms with Crippen molar-refractivity contribution in [2.75, 3.05) is 0 Å². The van der Waals surface area contributed by atoms with Crippen molar-refractivity contribution >= 4 is 101 Å². The predicted molar refractivity (Wildman–Crippen MR) is 327 cm³/mol. The van der Waals surface area contributed by atoms with E-state index in [-0.39, 0.29) is 0 Å². The van der Waals surface area contributed by atoms with E-state index in [2.05, 4.69) is 312 Å². The molecule has 12 aromatic carbocycles. The summed E-state index contributed by atoms with van der Waals surface area (Å²) in [6.45, 7) is 0. The summed E-state index contributed by atoms with van der Waals surface area (Å²) in [6.07, 6.45) is 0. The Morgan fingerprint density at radius 1 is 0.263 bits per heavy atom. The lowest BCUT2D eigenvalue weighted by atomic mass is 9.98. The lowest BCUT2D eigenvalue weighted by molar-refractivity contribution is 1.16. The van der Waals surface area contributed by atoms with Crippen molar-refractivity contribution in [3.8, 4) is 33.6 Å². The molecule has 0 spiro atoms. The molecule has 76 heavy (non-hydrogen) atoms. The molecule has 1 aliphatic heterocycles. The van der Waals surface area contributed by atoms with Crippen molar-refractivity contribution in [2.45, 2.75) is 0 Å². The highest BCUT2D eigenvalue weighted by Crippen LogP contribution is 2.40. The summed E-state index contributed by atoms with van der Waals surface area (Å²) in [5, 5.41) is 16.1. The maximum absolute atomic E-state index is 2.79. The molecule has 0 N–H and O–H groups in total. The molecule has 0 saturated carbocycles. The fourth-order valence-corrected chi connectivity index (χ4v) is 23.6. The van der Waals surface area contributed by atoms with Crippen molar-refractivity contribution in [1.29, 1.82) is 0 Å². The molecule has 0 radical (unpaired) electrons. The second kappa shape index (κ2) is 17.7. The van der Waals surface area contributed by atoms with Gasteiger partial charge in [-0.1, -0.05) is 261 Å². The van der Waals surface area contributed by atoms with Crippen molar-refractivity contribution < 1.29 is 0 Å². The van der Waals surface area contributed by atoms with Gasteiger partial charge in [0, 0.05) is 32.9 Å². The minimum Gasteiger partial charge on any atom is -0.309 e. The van der Waals surface area contributed by atoms with Gasteiger partial charge in [-0.15, -0.1) is 0 Å². The van der Waals surface area contributed by atoms with E-state index in [1.807, 2.05) is 0 Å². The summed E-state index contributed by atoms with van der Waals surface area (Å²) in [4.78, 5) is 0. The van der Waals surface area contributed by atoms with Crippen LogP contribution in [0.4, 0.5) is 0 Å². The van der Waals surface area contributed by atoms with Gasteiger partial charge >= 0.3 is 0 Å². The fraction of sp³-hybridized carbons (Fsp3) is 0. The van der Waals surface area contributed by atoms with Crippen LogP contribution in [-0.2, 0) is 0 Å². The van der Waals surface area contributed by atoms with Crippen LogP contribution in [0, 0.1) is 0 Å². The van der Waals surface area contributed by atoms with Gasteiger partial charge < -0.3 is 9.13 Å². The van der Waals surface area contributed by atoms with Crippen LogP contribution in [-0.4, -0.2) is 25.3 Å². The van der Waals surface area contributed by atoms with Gasteiger partial charge in [-0.2, -0.15) is 0 Å². The van der Waals surface area contributed by atoms with E-state index in [4.69, 9.17) is 0 Å². The van der Waals surface area contributed by atoms with Gasteiger partial charge in [-0.05, 0) is 106 Å². The molecular formula is C72H50N2Si2. The molecule has 0 aliphatic carbocycles. The van der Waals surface area contributed by atoms with Gasteiger partial charge in [0.2, 0.25) is 0 Å². The SMILES string of the molecule is c1ccc([Si](c2ccccc2)(c2ccccc2)c2ccc(-n3c4ccccc4c4ccc(-n5c6ccccc6c6ccc(-c7cccc8c7[Si](c7ccccc7)(c7ccccc7)c7ccccc7-8)cc65)cc43)cc2)cc1. The first kappa shape index (κ1) is 44.2. The van der Waals surface area contributed by atoms with E-state index in [9.17, 15) is 0 Å². The minimum atomic E-state index is -2.79. The van der Waals surface area contributed by atoms with Crippen LogP contribution in [0.25, 0.3) is 77.2 Å². The number of rotatable bonds is 9. The van der Waals surface area contributed by atoms with Crippen LogP contribution in [0.5, 0.6) is 0 Å². The van der Waals surface area contributed by atoms with Crippen LogP contribution in [0.1, 0.15) is 0 Å². The van der Waals surface area contributed by atoms with E-state index in [1.54, 1.807) is 0 Å². The van der Waals surface area contributed by atoms with Crippen LogP contribution < -0.4 is 41.5 Å². The molecule has 0 unspecified atom stereocenters. The second-order valence-corrected chi connectivity index (χ2v) is 27.8. The molecule has 356 valence electrons. The topological polar surface area (TPSA) is 9.86 Å². The van der Waals surface area contributed by atoms with E-state index in [1.165, 1.54) is 107 Å². The van der Waals surface area contributed by atoms with Gasteiger partial charge in [0.1, 0.15) is 0 Å². The molecule has 0 amide bonds. The maximum atomic E-state index is 2.51. The third-order valence-corrected chi connectivity index (χ3v) is 26.3. The van der Waals surface area contributed by atoms with Crippen LogP contribution >= 0.6 is 0 Å². The van der Waals surface area contributed by atoms with Gasteiger partial charge in [-0.25, -0.2) is 0 Å². The largest absolute Gasteiger partial charge is 0.309 e. The lowest BCUT2D eigenvalue weighted by Gasteiger charge is -2.34. The number of fused-ring (bicyclic) bond motifs is 9. The molecule has 2 aromatic heterocycles. The van der Waals surface area contributed by atoms with Crippen molar-refractivity contribution in [2.24, 2.45) is 0 Å². The Hall–Kier alpha value is -9.33. The summed E-state index contributed by atoms with van der Waals surface area (Å²) in [6, 6.07) is 114. The smallest absolute Gasteiger partial charge is 0.181 e. The number of benzene rings is 12. The maximum Gasteiger partial charge on any atom is 0.181 e. The number of para-hydroxylation sites is 2. The van der Waals surface area contributed by atoms with Gasteiger partial charge in [-0.3, -0.25) is 0 Å². The standard InChI is InChI=1S/C72H50N2Si2/c1-6-23-54(24-7-1)75(55-25-8-2-9-26-55,56-27-10-3-11-28-56)59-45-42-52(43-46-59)73-67-38-19-16-34-62(67)64-48-44-53(50-70(64)73)74-68-39-20-17-33-61(68)63-47-41-51(49-69(63)74)60-36-22-37-66-65-35-18-21-40-71(65)76(72(60)66,57-29-12-4-13-30-57)58-31-14-5-15-32-58/h1-50H. The highest BCUT2D eigenvalue weighted by atomic mass is 28.3. The number of hydrogen-bond acceptors (Lipinski definition) is 0. The molecule has 1 aliphatic rings. The molecule has 14 aromatic rings. The first-order valence-corrected chi connectivity index (χ1v) is 30.4. The molecule has 3 heterocycles. The summed E-state index contributed by atoms with van der Waals surface area (Å²) in [5.74, 6) is 0. The molecule has 2 nitrogen and oxygen atoms in total. The average molecular weight is 999 g/mol. The zero-order valence-electron chi connectivity index (χ0n) is 41.8. The Labute approximate surface area is 444 Å². The van der Waals surface area contributed by atoms with Crippen molar-refractivity contribution in [3.05, 3.63) is 303 Å². The molecule has 15 rings (SSSR count). The van der Waals surface area contributed by atoms with E-state index < -0.39 is 16.1 Å². The number of aromatic nitrogens is 2. The fourth-order valence-electron chi connectivity index (χ4n) is 13.5. The monoisotopic (exact) mass is 998 g/mol. The van der Waals surface area contributed by atoms with Gasteiger partial charge in [0.15, 0.2) is 16.1 Å². The molecule has 0 fully saturated rings. The van der Waals surface area contributed by atoms with Crippen LogP contribution in [0.3, 0.4) is 0 Å². The second-order valence-electron chi connectivity index (χ2n) is 20.3. The van der Waals surface area contributed by atoms with Gasteiger partial charge in [0.05, 0.1) is 22.1 Å². The Morgan fingerprint density at radius 2 is 0.671 bits per heavy atom. The van der Waals surface area contributed by atoms with E-state index in [0.29, 0.717) is 0 Å². The quantitative estimate of drug-likeness (QED) is 0.101. The highest BCUT2D eigenvalue weighted by Gasteiger charge is 2.50. The average Bonchev–Trinajstić information content (AvgIpc) is 4.13. The highest BCUT2D eigenvalue weighted by molar-refractivity contribution is 7.22. The van der Waals surface area contributed by atoms with Crippen molar-refractivity contribution in [1.82, 2.24) is 9.13 Å². The van der Waals surface area contributed by atoms with Crippen LogP contribution in [0.2, 0.25) is 0 Å². The Bertz CT molecular complexity index is 4350. The van der Waals surface area contributed by atoms with Crippen molar-refractivity contribution in [3.63, 3.8) is 0 Å². The first-order valence-electron chi connectivity index (χ1n) is 26.4. The number of hydrogen-bond donors (Lipinski definition) is 0. The van der Waals surface area contributed by atoms with E-state index in [0.717, 1.165) is 11.4 Å². The molecule has 0 saturated heterocycles. The molecular weight excluding hydrogens is 949 g/mol. The third-order valence-electron chi connectivity index (χ3n) is 16.6. The third kappa shape index (κ3) is 6.45. The Morgan fingerprint density at radius 3 is 1.25 bits per heavy atom. The lowest BCUT2D eigenvalue weighted by Crippen LogP contribution is -2.74. The Balaban J connectivity index is 0.934. The Kier molecular flexibility index (Phi) is 10.3. The molecule has 0 bridgehead atoms. The van der Waals surface area contributed by atoms with E-state index >= 15 is 0 Å². The summed E-state index contributed by atoms with van der Waals surface area (Å²) in [7, 11) is -5.51. The molecule has 4 heteroatoms. The first-order chi connectivity index (χ1) is 37.7.